The van der Waals surface area contributed by atoms with Gasteiger partial charge in [0, 0.05) is 23.0 Å². The van der Waals surface area contributed by atoms with Crippen molar-refractivity contribution in [1.82, 2.24) is 5.32 Å². The predicted octanol–water partition coefficient (Wildman–Crippen LogP) is 4.00. The van der Waals surface area contributed by atoms with Gasteiger partial charge in [0.2, 0.25) is 5.91 Å². The smallest absolute Gasteiger partial charge is 0.227 e. The number of ketones is 1. The maximum absolute atomic E-state index is 13.1. The molecule has 0 fully saturated rings. The van der Waals surface area contributed by atoms with E-state index < -0.39 is 17.5 Å². The van der Waals surface area contributed by atoms with E-state index in [0.717, 1.165) is 11.5 Å². The van der Waals surface area contributed by atoms with E-state index in [4.69, 9.17) is 11.5 Å². The molecule has 0 bridgehead atoms. The quantitative estimate of drug-likeness (QED) is 0.351. The molecule has 33 heavy (non-hydrogen) atoms. The minimum Gasteiger partial charge on any atom is -0.345 e. The Morgan fingerprint density at radius 3 is 2.03 bits per heavy atom. The van der Waals surface area contributed by atoms with E-state index in [1.807, 2.05) is 50.2 Å². The lowest BCUT2D eigenvalue weighted by Gasteiger charge is -2.28. The summed E-state index contributed by atoms with van der Waals surface area (Å²) in [5, 5.41) is 3.02. The van der Waals surface area contributed by atoms with Crippen LogP contribution in [0.2, 0.25) is 0 Å². The van der Waals surface area contributed by atoms with Crippen molar-refractivity contribution in [2.45, 2.75) is 50.3 Å². The van der Waals surface area contributed by atoms with Gasteiger partial charge < -0.3 is 16.8 Å². The molecular weight excluding hydrogens is 450 g/mol. The molecule has 5 N–H and O–H groups in total. The Morgan fingerprint density at radius 2 is 1.48 bits per heavy atom. The van der Waals surface area contributed by atoms with E-state index in [2.05, 4.69) is 29.6 Å². The average Bonchev–Trinajstić information content (AvgIpc) is 2.82. The second-order valence-electron chi connectivity index (χ2n) is 8.83. The third kappa shape index (κ3) is 9.92. The van der Waals surface area contributed by atoms with Gasteiger partial charge in [0.25, 0.3) is 0 Å². The molecule has 0 aliphatic heterocycles. The van der Waals surface area contributed by atoms with Crippen molar-refractivity contribution in [3.05, 3.63) is 71.8 Å². The van der Waals surface area contributed by atoms with Gasteiger partial charge in [-0.1, -0.05) is 74.5 Å². The van der Waals surface area contributed by atoms with Crippen LogP contribution in [0.15, 0.2) is 60.7 Å². The molecule has 180 valence electrons. The SMILES string of the molecule is CC(C)(CSCc1ccccc1)C(=O)N[C@@H](CSCc1ccccc1)C(=O)C(N)CCCN. The number of hydrogen-bond donors (Lipinski definition) is 3. The van der Waals surface area contributed by atoms with Crippen LogP contribution in [-0.2, 0) is 21.1 Å². The second kappa shape index (κ2) is 14.5. The van der Waals surface area contributed by atoms with E-state index in [-0.39, 0.29) is 11.7 Å². The van der Waals surface area contributed by atoms with Crippen LogP contribution in [-0.4, -0.2) is 41.8 Å². The number of rotatable bonds is 15. The van der Waals surface area contributed by atoms with Gasteiger partial charge in [-0.15, -0.1) is 0 Å². The summed E-state index contributed by atoms with van der Waals surface area (Å²) in [5.41, 5.74) is 13.5. The summed E-state index contributed by atoms with van der Waals surface area (Å²) in [4.78, 5) is 26.2. The zero-order valence-electron chi connectivity index (χ0n) is 19.7. The van der Waals surface area contributed by atoms with Crippen molar-refractivity contribution in [3.8, 4) is 0 Å². The minimum absolute atomic E-state index is 0.118. The maximum Gasteiger partial charge on any atom is 0.227 e. The molecule has 2 aromatic carbocycles. The van der Waals surface area contributed by atoms with Gasteiger partial charge >= 0.3 is 0 Å². The lowest BCUT2D eigenvalue weighted by Crippen LogP contribution is -2.53. The Labute approximate surface area is 206 Å². The highest BCUT2D eigenvalue weighted by atomic mass is 32.2. The maximum atomic E-state index is 13.1. The van der Waals surface area contributed by atoms with E-state index >= 15 is 0 Å². The highest BCUT2D eigenvalue weighted by Gasteiger charge is 2.32. The number of thioether (sulfide) groups is 2. The molecular formula is C26H37N3O2S2. The lowest BCUT2D eigenvalue weighted by molar-refractivity contribution is -0.132. The Kier molecular flexibility index (Phi) is 12.0. The van der Waals surface area contributed by atoms with Crippen LogP contribution in [0.1, 0.15) is 37.8 Å². The summed E-state index contributed by atoms with van der Waals surface area (Å²) in [6.45, 7) is 4.34. The van der Waals surface area contributed by atoms with Crippen molar-refractivity contribution in [1.29, 1.82) is 0 Å². The third-order valence-corrected chi connectivity index (χ3v) is 7.89. The van der Waals surface area contributed by atoms with Crippen molar-refractivity contribution in [3.63, 3.8) is 0 Å². The van der Waals surface area contributed by atoms with Gasteiger partial charge in [0.15, 0.2) is 5.78 Å². The fourth-order valence-corrected chi connectivity index (χ4v) is 5.42. The molecule has 0 aliphatic carbocycles. The number of carbonyl (C=O) groups excluding carboxylic acids is 2. The molecule has 1 amide bonds. The molecule has 2 rings (SSSR count). The molecule has 7 heteroatoms. The Hall–Kier alpha value is -1.80. The topological polar surface area (TPSA) is 98.2 Å². The number of nitrogens with one attached hydrogen (secondary N) is 1. The average molecular weight is 488 g/mol. The molecule has 0 saturated carbocycles. The first-order valence-electron chi connectivity index (χ1n) is 11.4. The normalized spacial score (nSPS) is 13.3. The van der Waals surface area contributed by atoms with Crippen LogP contribution in [0.3, 0.4) is 0 Å². The summed E-state index contributed by atoms with van der Waals surface area (Å²) < 4.78 is 0. The summed E-state index contributed by atoms with van der Waals surface area (Å²) in [5.74, 6) is 2.53. The summed E-state index contributed by atoms with van der Waals surface area (Å²) in [6.07, 6.45) is 1.22. The van der Waals surface area contributed by atoms with E-state index in [1.54, 1.807) is 23.5 Å². The first-order valence-corrected chi connectivity index (χ1v) is 13.7. The highest BCUT2D eigenvalue weighted by Crippen LogP contribution is 2.25. The van der Waals surface area contributed by atoms with Crippen LogP contribution >= 0.6 is 23.5 Å². The van der Waals surface area contributed by atoms with Gasteiger partial charge in [0.05, 0.1) is 17.5 Å². The van der Waals surface area contributed by atoms with Crippen LogP contribution < -0.4 is 16.8 Å². The molecule has 0 radical (unpaired) electrons. The van der Waals surface area contributed by atoms with Gasteiger partial charge in [-0.25, -0.2) is 0 Å². The Morgan fingerprint density at radius 1 is 0.939 bits per heavy atom. The number of nitrogens with two attached hydrogens (primary N) is 2. The summed E-state index contributed by atoms with van der Waals surface area (Å²) in [6, 6.07) is 19.1. The standard InChI is InChI=1S/C26H37N3O2S2/c1-26(2,19-33-17-21-12-7-4-8-13-21)25(31)29-23(24(30)22(28)14-9-15-27)18-32-16-20-10-5-3-6-11-20/h3-8,10-13,22-23H,9,14-19,27-28H2,1-2H3,(H,29,31)/t22?,23-/m0/s1. The molecule has 1 unspecified atom stereocenters. The van der Waals surface area contributed by atoms with Crippen molar-refractivity contribution in [2.24, 2.45) is 16.9 Å². The molecule has 0 aromatic heterocycles. The molecule has 0 saturated heterocycles. The van der Waals surface area contributed by atoms with E-state index in [0.29, 0.717) is 30.9 Å². The lowest BCUT2D eigenvalue weighted by atomic mass is 9.94. The van der Waals surface area contributed by atoms with Crippen LogP contribution in [0.25, 0.3) is 0 Å². The molecule has 2 atom stereocenters. The fourth-order valence-electron chi connectivity index (χ4n) is 3.22. The zero-order chi connectivity index (χ0) is 24.1. The van der Waals surface area contributed by atoms with Crippen molar-refractivity contribution in [2.75, 3.05) is 18.1 Å². The number of Topliss-reactive ketones (excluding diaryl/α,β-unsaturated/α-hetero) is 1. The summed E-state index contributed by atoms with van der Waals surface area (Å²) in [7, 11) is 0. The first kappa shape index (κ1) is 27.4. The van der Waals surface area contributed by atoms with Gasteiger partial charge in [0.1, 0.15) is 0 Å². The Bertz CT molecular complexity index is 847. The van der Waals surface area contributed by atoms with E-state index in [9.17, 15) is 9.59 Å². The van der Waals surface area contributed by atoms with Crippen LogP contribution in [0.5, 0.6) is 0 Å². The van der Waals surface area contributed by atoms with Crippen molar-refractivity contribution >= 4 is 35.2 Å². The number of hydrogen-bond acceptors (Lipinski definition) is 6. The molecule has 0 aliphatic rings. The van der Waals surface area contributed by atoms with Crippen LogP contribution in [0, 0.1) is 5.41 Å². The van der Waals surface area contributed by atoms with Crippen molar-refractivity contribution < 1.29 is 9.59 Å². The molecule has 2 aromatic rings. The first-order chi connectivity index (χ1) is 15.8. The van der Waals surface area contributed by atoms with Crippen LogP contribution in [0.4, 0.5) is 0 Å². The minimum atomic E-state index is -0.619. The van der Waals surface area contributed by atoms with Gasteiger partial charge in [-0.2, -0.15) is 23.5 Å². The second-order valence-corrected chi connectivity index (χ2v) is 10.8. The fraction of sp³-hybridized carbons (Fsp3) is 0.462. The molecule has 0 heterocycles. The molecule has 5 nitrogen and oxygen atoms in total. The number of amides is 1. The van der Waals surface area contributed by atoms with Gasteiger partial charge in [-0.3, -0.25) is 9.59 Å². The Balaban J connectivity index is 1.96. The number of carbonyl (C=O) groups is 2. The predicted molar refractivity (Wildman–Crippen MR) is 142 cm³/mol. The largest absolute Gasteiger partial charge is 0.345 e. The van der Waals surface area contributed by atoms with Gasteiger partial charge in [-0.05, 0) is 30.5 Å². The zero-order valence-corrected chi connectivity index (χ0v) is 21.3. The third-order valence-electron chi connectivity index (χ3n) is 5.32. The monoisotopic (exact) mass is 487 g/mol. The number of benzene rings is 2. The summed E-state index contributed by atoms with van der Waals surface area (Å²) >= 11 is 3.35. The molecule has 0 spiro atoms. The van der Waals surface area contributed by atoms with E-state index in [1.165, 1.54) is 11.1 Å². The highest BCUT2D eigenvalue weighted by molar-refractivity contribution is 7.98.